The average Bonchev–Trinajstić information content (AvgIpc) is 2.75. The Morgan fingerprint density at radius 3 is 2.42 bits per heavy atom. The molecule has 0 aliphatic heterocycles. The molecule has 0 spiro atoms. The highest BCUT2D eigenvalue weighted by molar-refractivity contribution is 6.30. The van der Waals surface area contributed by atoms with Crippen LogP contribution < -0.4 is 5.32 Å². The molecule has 0 radical (unpaired) electrons. The van der Waals surface area contributed by atoms with E-state index >= 15 is 0 Å². The first kappa shape index (κ1) is 22.8. The molecule has 0 fully saturated rings. The highest BCUT2D eigenvalue weighted by Gasteiger charge is 2.26. The second-order valence-corrected chi connectivity index (χ2v) is 8.57. The third-order valence-electron chi connectivity index (χ3n) is 5.33. The third-order valence-corrected chi connectivity index (χ3v) is 5.56. The molecule has 3 aromatic carbocycles. The number of nitrogens with zero attached hydrogens (tertiary/aromatic N) is 1. The minimum absolute atomic E-state index is 0.00811. The van der Waals surface area contributed by atoms with Crippen LogP contribution in [0.1, 0.15) is 38.3 Å². The van der Waals surface area contributed by atoms with E-state index in [0.717, 1.165) is 21.9 Å². The van der Waals surface area contributed by atoms with Gasteiger partial charge in [0.15, 0.2) is 0 Å². The van der Waals surface area contributed by atoms with Crippen molar-refractivity contribution in [3.05, 3.63) is 82.9 Å². The molecule has 0 saturated heterocycles. The second-order valence-electron chi connectivity index (χ2n) is 8.13. The zero-order chi connectivity index (χ0) is 22.4. The van der Waals surface area contributed by atoms with E-state index in [2.05, 4.69) is 29.6 Å². The molecule has 0 aliphatic rings. The summed E-state index contributed by atoms with van der Waals surface area (Å²) in [4.78, 5) is 27.6. The molecule has 0 heterocycles. The van der Waals surface area contributed by atoms with Gasteiger partial charge in [0.25, 0.3) is 0 Å². The van der Waals surface area contributed by atoms with Gasteiger partial charge in [-0.05, 0) is 61.2 Å². The summed E-state index contributed by atoms with van der Waals surface area (Å²) in [7, 11) is 0. The molecular formula is C26H29ClN2O2. The zero-order valence-corrected chi connectivity index (χ0v) is 19.0. The average molecular weight is 437 g/mol. The van der Waals surface area contributed by atoms with Crippen LogP contribution in [0.4, 0.5) is 0 Å². The molecule has 0 aliphatic carbocycles. The van der Waals surface area contributed by atoms with E-state index in [1.165, 1.54) is 0 Å². The molecule has 0 aromatic heterocycles. The molecule has 1 N–H and O–H groups in total. The Bertz CT molecular complexity index is 1060. The lowest BCUT2D eigenvalue weighted by atomic mass is 10.0. The van der Waals surface area contributed by atoms with Gasteiger partial charge in [0.1, 0.15) is 6.04 Å². The maximum Gasteiger partial charge on any atom is 0.242 e. The summed E-state index contributed by atoms with van der Waals surface area (Å²) in [6.45, 7) is 5.93. The van der Waals surface area contributed by atoms with Crippen LogP contribution in [0.25, 0.3) is 10.8 Å². The molecule has 5 heteroatoms. The van der Waals surface area contributed by atoms with Gasteiger partial charge in [0.05, 0.1) is 0 Å². The topological polar surface area (TPSA) is 49.4 Å². The zero-order valence-electron chi connectivity index (χ0n) is 18.3. The van der Waals surface area contributed by atoms with E-state index in [9.17, 15) is 9.59 Å². The Morgan fingerprint density at radius 1 is 0.968 bits per heavy atom. The maximum absolute atomic E-state index is 13.3. The monoisotopic (exact) mass is 436 g/mol. The minimum atomic E-state index is -0.582. The number of benzene rings is 3. The lowest BCUT2D eigenvalue weighted by Crippen LogP contribution is -2.49. The summed E-state index contributed by atoms with van der Waals surface area (Å²) in [5.74, 6) is -0.213. The Kier molecular flexibility index (Phi) is 7.69. The summed E-state index contributed by atoms with van der Waals surface area (Å²) in [5, 5.41) is 5.84. The number of halogens is 1. The van der Waals surface area contributed by atoms with Gasteiger partial charge in [-0.15, -0.1) is 0 Å². The minimum Gasteiger partial charge on any atom is -0.352 e. The van der Waals surface area contributed by atoms with Crippen molar-refractivity contribution in [3.63, 3.8) is 0 Å². The van der Waals surface area contributed by atoms with E-state index < -0.39 is 6.04 Å². The molecular weight excluding hydrogens is 408 g/mol. The Hall–Kier alpha value is -2.85. The van der Waals surface area contributed by atoms with Gasteiger partial charge >= 0.3 is 0 Å². The molecule has 162 valence electrons. The number of hydrogen-bond donors (Lipinski definition) is 1. The van der Waals surface area contributed by atoms with Gasteiger partial charge in [-0.2, -0.15) is 0 Å². The summed E-state index contributed by atoms with van der Waals surface area (Å²) in [6.07, 6.45) is 0.943. The van der Waals surface area contributed by atoms with Crippen LogP contribution in [0.15, 0.2) is 66.7 Å². The highest BCUT2D eigenvalue weighted by Crippen LogP contribution is 2.21. The van der Waals surface area contributed by atoms with Crippen LogP contribution in [0, 0.1) is 0 Å². The molecule has 3 rings (SSSR count). The van der Waals surface area contributed by atoms with Crippen LogP contribution >= 0.6 is 11.6 Å². The van der Waals surface area contributed by atoms with E-state index in [4.69, 9.17) is 11.6 Å². The van der Waals surface area contributed by atoms with Crippen LogP contribution in [0.5, 0.6) is 0 Å². The van der Waals surface area contributed by atoms with Gasteiger partial charge < -0.3 is 10.2 Å². The standard InChI is InChI=1S/C26H29ClN2O2/c1-18(2)28-26(31)19(3)29(17-20-8-6-12-23(27)16-20)25(30)15-14-22-11-7-10-21-9-4-5-13-24(21)22/h4-13,16,18-19H,14-15,17H2,1-3H3,(H,28,31)/t19-/m0/s1. The van der Waals surface area contributed by atoms with E-state index in [1.54, 1.807) is 17.9 Å². The molecule has 1 atom stereocenters. The van der Waals surface area contributed by atoms with Gasteiger partial charge in [-0.25, -0.2) is 0 Å². The van der Waals surface area contributed by atoms with Crippen molar-refractivity contribution in [2.24, 2.45) is 0 Å². The van der Waals surface area contributed by atoms with E-state index in [-0.39, 0.29) is 17.9 Å². The maximum atomic E-state index is 13.3. The summed E-state index contributed by atoms with van der Waals surface area (Å²) < 4.78 is 0. The van der Waals surface area contributed by atoms with Crippen molar-refractivity contribution in [3.8, 4) is 0 Å². The first-order chi connectivity index (χ1) is 14.8. The van der Waals surface area contributed by atoms with Crippen LogP contribution in [0.2, 0.25) is 5.02 Å². The number of amides is 2. The number of hydrogen-bond acceptors (Lipinski definition) is 2. The fourth-order valence-electron chi connectivity index (χ4n) is 3.72. The van der Waals surface area contributed by atoms with Gasteiger partial charge in [-0.1, -0.05) is 66.2 Å². The van der Waals surface area contributed by atoms with Crippen molar-refractivity contribution in [2.75, 3.05) is 0 Å². The number of aryl methyl sites for hydroxylation is 1. The lowest BCUT2D eigenvalue weighted by molar-refractivity contribution is -0.140. The number of fused-ring (bicyclic) bond motifs is 1. The molecule has 0 bridgehead atoms. The van der Waals surface area contributed by atoms with Crippen LogP contribution in [0.3, 0.4) is 0 Å². The van der Waals surface area contributed by atoms with E-state index in [0.29, 0.717) is 24.4 Å². The summed E-state index contributed by atoms with van der Waals surface area (Å²) in [6, 6.07) is 21.2. The lowest BCUT2D eigenvalue weighted by Gasteiger charge is -2.29. The fourth-order valence-corrected chi connectivity index (χ4v) is 3.93. The molecule has 3 aromatic rings. The quantitative estimate of drug-likeness (QED) is 0.516. The molecule has 2 amide bonds. The van der Waals surface area contributed by atoms with Gasteiger partial charge in [0.2, 0.25) is 11.8 Å². The molecule has 0 unspecified atom stereocenters. The predicted octanol–water partition coefficient (Wildman–Crippen LogP) is 5.37. The predicted molar refractivity (Wildman–Crippen MR) is 127 cm³/mol. The van der Waals surface area contributed by atoms with Crippen molar-refractivity contribution in [1.29, 1.82) is 0 Å². The Balaban J connectivity index is 1.79. The van der Waals surface area contributed by atoms with Gasteiger partial charge in [0, 0.05) is 24.0 Å². The second kappa shape index (κ2) is 10.5. The summed E-state index contributed by atoms with van der Waals surface area (Å²) in [5.41, 5.74) is 2.03. The van der Waals surface area contributed by atoms with Crippen molar-refractivity contribution in [2.45, 2.75) is 52.2 Å². The highest BCUT2D eigenvalue weighted by atomic mass is 35.5. The number of carbonyl (C=O) groups is 2. The first-order valence-electron chi connectivity index (χ1n) is 10.7. The van der Waals surface area contributed by atoms with Crippen molar-refractivity contribution >= 4 is 34.2 Å². The fraction of sp³-hybridized carbons (Fsp3) is 0.308. The molecule has 4 nitrogen and oxygen atoms in total. The Labute approximate surface area is 189 Å². The number of carbonyl (C=O) groups excluding carboxylic acids is 2. The van der Waals surface area contributed by atoms with Crippen molar-refractivity contribution in [1.82, 2.24) is 10.2 Å². The largest absolute Gasteiger partial charge is 0.352 e. The SMILES string of the molecule is CC(C)NC(=O)[C@H](C)N(Cc1cccc(Cl)c1)C(=O)CCc1cccc2ccccc12. The van der Waals surface area contributed by atoms with Crippen LogP contribution in [-0.4, -0.2) is 28.8 Å². The first-order valence-corrected chi connectivity index (χ1v) is 11.0. The smallest absolute Gasteiger partial charge is 0.242 e. The molecule has 0 saturated carbocycles. The summed E-state index contributed by atoms with van der Waals surface area (Å²) >= 11 is 6.13. The van der Waals surface area contributed by atoms with Crippen molar-refractivity contribution < 1.29 is 9.59 Å². The van der Waals surface area contributed by atoms with Crippen LogP contribution in [-0.2, 0) is 22.6 Å². The van der Waals surface area contributed by atoms with E-state index in [1.807, 2.05) is 50.2 Å². The third kappa shape index (κ3) is 6.08. The van der Waals surface area contributed by atoms with Gasteiger partial charge in [-0.3, -0.25) is 9.59 Å². The Morgan fingerprint density at radius 2 is 1.68 bits per heavy atom. The number of nitrogens with one attached hydrogen (secondary N) is 1. The molecule has 31 heavy (non-hydrogen) atoms. The normalized spacial score (nSPS) is 12.0. The number of rotatable bonds is 8.